The normalized spacial score (nSPS) is 20.4. The highest BCUT2D eigenvalue weighted by Crippen LogP contribution is 2.48. The van der Waals surface area contributed by atoms with Crippen LogP contribution in [0.1, 0.15) is 90.7 Å². The zero-order valence-electron chi connectivity index (χ0n) is 26.2. The van der Waals surface area contributed by atoms with E-state index in [1.165, 1.54) is 42.4 Å². The molecular weight excluding hydrogens is 512 g/mol. The molecule has 2 unspecified atom stereocenters. The molecule has 1 fully saturated rings. The minimum atomic E-state index is -0.413. The number of morpholine rings is 1. The number of ether oxygens (including phenoxy) is 3. The Morgan fingerprint density at radius 1 is 1.10 bits per heavy atom. The third kappa shape index (κ3) is 8.37. The molecule has 3 aliphatic heterocycles. The zero-order valence-corrected chi connectivity index (χ0v) is 26.2. The summed E-state index contributed by atoms with van der Waals surface area (Å²) in [6.45, 7) is 17.4. The molecule has 0 amide bonds. The maximum atomic E-state index is 13.5. The van der Waals surface area contributed by atoms with E-state index >= 15 is 0 Å². The van der Waals surface area contributed by atoms with Gasteiger partial charge in [0.25, 0.3) is 0 Å². The second kappa shape index (κ2) is 14.7. The van der Waals surface area contributed by atoms with Crippen molar-refractivity contribution in [1.29, 1.82) is 0 Å². The van der Waals surface area contributed by atoms with Crippen LogP contribution in [-0.2, 0) is 16.0 Å². The van der Waals surface area contributed by atoms with Crippen LogP contribution < -0.4 is 9.47 Å². The summed E-state index contributed by atoms with van der Waals surface area (Å²) in [4.78, 5) is 18.2. The third-order valence-electron chi connectivity index (χ3n) is 9.08. The number of terminal acetylenes is 1. The quantitative estimate of drug-likeness (QED) is 0.120. The summed E-state index contributed by atoms with van der Waals surface area (Å²) in [5.74, 6) is 4.57. The molecule has 6 heteroatoms. The summed E-state index contributed by atoms with van der Waals surface area (Å²) in [5, 5.41) is 0. The van der Waals surface area contributed by atoms with Gasteiger partial charge in [-0.2, -0.15) is 0 Å². The number of hydrogen-bond acceptors (Lipinski definition) is 6. The van der Waals surface area contributed by atoms with E-state index in [4.69, 9.17) is 20.6 Å². The first kappa shape index (κ1) is 31.6. The van der Waals surface area contributed by atoms with Crippen molar-refractivity contribution >= 4 is 11.5 Å². The van der Waals surface area contributed by atoms with Crippen molar-refractivity contribution in [3.8, 4) is 23.8 Å². The number of carbonyl (C=O) groups excluding carboxylic acids is 1. The van der Waals surface area contributed by atoms with Crippen LogP contribution in [0.3, 0.4) is 0 Å². The van der Waals surface area contributed by atoms with E-state index < -0.39 is 5.60 Å². The monoisotopic (exact) mass is 564 g/mol. The van der Waals surface area contributed by atoms with Gasteiger partial charge in [-0.05, 0) is 80.8 Å². The Morgan fingerprint density at radius 2 is 1.88 bits per heavy atom. The number of carbonyl (C=O) groups is 1. The molecule has 3 heterocycles. The third-order valence-corrected chi connectivity index (χ3v) is 9.08. The maximum absolute atomic E-state index is 13.5. The lowest BCUT2D eigenvalue weighted by Gasteiger charge is -2.42. The highest BCUT2D eigenvalue weighted by molar-refractivity contribution is 5.85. The van der Waals surface area contributed by atoms with Crippen molar-refractivity contribution in [1.82, 2.24) is 9.80 Å². The Balaban J connectivity index is 1.59. The SMILES string of the molecule is C#CCN1CCC2=C(C1)c1c(OC(=O)C(C)CCN3CCOCC3)cc(CCC(C)CCCCC)cc1OC2(C)C. The van der Waals surface area contributed by atoms with Crippen LogP contribution >= 0.6 is 0 Å². The summed E-state index contributed by atoms with van der Waals surface area (Å²) < 4.78 is 18.5. The van der Waals surface area contributed by atoms with Gasteiger partial charge < -0.3 is 14.2 Å². The minimum absolute atomic E-state index is 0.172. The van der Waals surface area contributed by atoms with E-state index in [0.717, 1.165) is 82.9 Å². The number of fused-ring (bicyclic) bond motifs is 2. The summed E-state index contributed by atoms with van der Waals surface area (Å²) in [6, 6.07) is 4.30. The Kier molecular flexibility index (Phi) is 11.3. The fraction of sp³-hybridized carbons (Fsp3) is 0.686. The van der Waals surface area contributed by atoms with E-state index in [-0.39, 0.29) is 11.9 Å². The minimum Gasteiger partial charge on any atom is -0.483 e. The van der Waals surface area contributed by atoms with E-state index in [9.17, 15) is 4.79 Å². The van der Waals surface area contributed by atoms with Crippen LogP contribution in [0.5, 0.6) is 11.5 Å². The van der Waals surface area contributed by atoms with Crippen molar-refractivity contribution in [2.24, 2.45) is 11.8 Å². The lowest BCUT2D eigenvalue weighted by atomic mass is 9.81. The lowest BCUT2D eigenvalue weighted by Crippen LogP contribution is -2.42. The molecule has 41 heavy (non-hydrogen) atoms. The average Bonchev–Trinajstić information content (AvgIpc) is 2.95. The maximum Gasteiger partial charge on any atom is 0.314 e. The van der Waals surface area contributed by atoms with Gasteiger partial charge >= 0.3 is 5.97 Å². The number of benzene rings is 1. The molecule has 226 valence electrons. The first-order chi connectivity index (χ1) is 19.7. The van der Waals surface area contributed by atoms with Gasteiger partial charge in [-0.1, -0.05) is 52.4 Å². The number of rotatable bonds is 13. The van der Waals surface area contributed by atoms with Crippen molar-refractivity contribution in [3.63, 3.8) is 0 Å². The van der Waals surface area contributed by atoms with Crippen LogP contribution in [-0.4, -0.2) is 73.9 Å². The number of esters is 1. The van der Waals surface area contributed by atoms with Crippen LogP contribution in [0, 0.1) is 24.2 Å². The van der Waals surface area contributed by atoms with Gasteiger partial charge in [0.05, 0.1) is 31.2 Å². The second-order valence-electron chi connectivity index (χ2n) is 12.9. The van der Waals surface area contributed by atoms with E-state index in [1.54, 1.807) is 0 Å². The van der Waals surface area contributed by atoms with Crippen LogP contribution in [0.2, 0.25) is 0 Å². The molecule has 6 nitrogen and oxygen atoms in total. The molecule has 0 N–H and O–H groups in total. The number of aryl methyl sites for hydroxylation is 1. The molecule has 1 aromatic carbocycles. The molecule has 0 spiro atoms. The van der Waals surface area contributed by atoms with Gasteiger partial charge in [0.15, 0.2) is 0 Å². The number of unbranched alkanes of at least 4 members (excludes halogenated alkanes) is 2. The van der Waals surface area contributed by atoms with Crippen molar-refractivity contribution in [2.45, 2.75) is 91.6 Å². The van der Waals surface area contributed by atoms with Crippen LogP contribution in [0.4, 0.5) is 0 Å². The summed E-state index contributed by atoms with van der Waals surface area (Å²) >= 11 is 0. The molecule has 1 aromatic rings. The summed E-state index contributed by atoms with van der Waals surface area (Å²) in [6.07, 6.45) is 14.5. The van der Waals surface area contributed by atoms with Crippen LogP contribution in [0.25, 0.3) is 5.57 Å². The topological polar surface area (TPSA) is 51.2 Å². The molecule has 1 saturated heterocycles. The molecule has 3 aliphatic rings. The molecule has 0 aromatic heterocycles. The summed E-state index contributed by atoms with van der Waals surface area (Å²) in [7, 11) is 0. The Labute approximate surface area is 248 Å². The Bertz CT molecular complexity index is 1110. The molecule has 0 bridgehead atoms. The first-order valence-corrected chi connectivity index (χ1v) is 16.0. The Hall–Kier alpha value is -2.33. The number of hydrogen-bond donors (Lipinski definition) is 0. The number of nitrogens with zero attached hydrogens (tertiary/aromatic N) is 2. The van der Waals surface area contributed by atoms with Gasteiger partial charge in [-0.3, -0.25) is 14.6 Å². The molecule has 0 saturated carbocycles. The van der Waals surface area contributed by atoms with Gasteiger partial charge in [0, 0.05) is 26.2 Å². The molecule has 0 radical (unpaired) electrons. The van der Waals surface area contributed by atoms with Gasteiger partial charge in [-0.15, -0.1) is 6.42 Å². The largest absolute Gasteiger partial charge is 0.483 e. The van der Waals surface area contributed by atoms with E-state index in [2.05, 4.69) is 55.5 Å². The highest BCUT2D eigenvalue weighted by atomic mass is 16.5. The molecule has 0 aliphatic carbocycles. The standard InChI is InChI=1S/C35H52N2O4/c1-7-9-10-11-26(3)12-13-28-23-31(40-34(38)27(4)14-17-36-19-21-39-22-20-36)33-29-25-37(16-8-2)18-15-30(29)35(5,6)41-32(33)24-28/h2,23-24,26-27H,7,9-22,25H2,1,3-6H3. The molecular formula is C35H52N2O4. The van der Waals surface area contributed by atoms with Crippen molar-refractivity contribution < 1.29 is 19.0 Å². The Morgan fingerprint density at radius 3 is 2.61 bits per heavy atom. The van der Waals surface area contributed by atoms with Crippen molar-refractivity contribution in [2.75, 3.05) is 52.5 Å². The van der Waals surface area contributed by atoms with Gasteiger partial charge in [-0.25, -0.2) is 0 Å². The summed E-state index contributed by atoms with van der Waals surface area (Å²) in [5.41, 5.74) is 4.19. The zero-order chi connectivity index (χ0) is 29.4. The average molecular weight is 565 g/mol. The van der Waals surface area contributed by atoms with Crippen LogP contribution in [0.15, 0.2) is 17.7 Å². The predicted octanol–water partition coefficient (Wildman–Crippen LogP) is 6.36. The smallest absolute Gasteiger partial charge is 0.314 e. The van der Waals surface area contributed by atoms with E-state index in [0.29, 0.717) is 18.2 Å². The predicted molar refractivity (Wildman–Crippen MR) is 166 cm³/mol. The van der Waals surface area contributed by atoms with Gasteiger partial charge in [0.2, 0.25) is 0 Å². The molecule has 2 atom stereocenters. The van der Waals surface area contributed by atoms with Gasteiger partial charge in [0.1, 0.15) is 17.1 Å². The fourth-order valence-corrected chi connectivity index (χ4v) is 6.39. The van der Waals surface area contributed by atoms with Crippen molar-refractivity contribution in [3.05, 3.63) is 28.8 Å². The molecule has 4 rings (SSSR count). The highest BCUT2D eigenvalue weighted by Gasteiger charge is 2.39. The lowest BCUT2D eigenvalue weighted by molar-refractivity contribution is -0.138. The first-order valence-electron chi connectivity index (χ1n) is 16.0. The van der Waals surface area contributed by atoms with E-state index in [1.807, 2.05) is 6.92 Å². The fourth-order valence-electron chi connectivity index (χ4n) is 6.39. The second-order valence-corrected chi connectivity index (χ2v) is 12.9.